The molecule has 4 rings (SSSR count). The molecule has 154 valence electrons. The molecule has 1 aromatic heterocycles. The van der Waals surface area contributed by atoms with Crippen LogP contribution in [0.3, 0.4) is 0 Å². The molecule has 0 fully saturated rings. The molecule has 1 N–H and O–H groups in total. The van der Waals surface area contributed by atoms with Crippen molar-refractivity contribution >= 4 is 22.7 Å². The Kier molecular flexibility index (Phi) is 6.36. The number of nitrogens with zero attached hydrogens (tertiary/aromatic N) is 1. The standard InChI is InChI=1S/C24H30N2O2S/c1-4-28-24-15-20-17(14-23(24)27-2)9-10-26(11-12-29-3)22(20)13-18-16-25-21-8-6-5-7-19(18)21/h5-8,14-16,22,25H,4,9-13H2,1-3H3/t22-/m0/s1. The van der Waals surface area contributed by atoms with Crippen LogP contribution < -0.4 is 9.47 Å². The Labute approximate surface area is 177 Å². The Hall–Kier alpha value is -2.11. The summed E-state index contributed by atoms with van der Waals surface area (Å²) in [5.74, 6) is 2.84. The molecule has 0 aliphatic carbocycles. The maximum absolute atomic E-state index is 5.91. The van der Waals surface area contributed by atoms with Crippen molar-refractivity contribution in [2.45, 2.75) is 25.8 Å². The average molecular weight is 411 g/mol. The van der Waals surface area contributed by atoms with Crippen molar-refractivity contribution < 1.29 is 9.47 Å². The molecule has 0 unspecified atom stereocenters. The monoisotopic (exact) mass is 410 g/mol. The number of nitrogens with one attached hydrogen (secondary N) is 1. The fourth-order valence-electron chi connectivity index (χ4n) is 4.41. The van der Waals surface area contributed by atoms with E-state index in [4.69, 9.17) is 9.47 Å². The van der Waals surface area contributed by atoms with Crippen LogP contribution in [0.1, 0.15) is 29.7 Å². The van der Waals surface area contributed by atoms with E-state index in [0.717, 1.165) is 43.2 Å². The molecule has 29 heavy (non-hydrogen) atoms. The summed E-state index contributed by atoms with van der Waals surface area (Å²) in [5, 5.41) is 1.32. The van der Waals surface area contributed by atoms with Crippen molar-refractivity contribution in [3.05, 3.63) is 59.3 Å². The summed E-state index contributed by atoms with van der Waals surface area (Å²) in [6.45, 7) is 4.84. The van der Waals surface area contributed by atoms with Crippen LogP contribution in [0.2, 0.25) is 0 Å². The van der Waals surface area contributed by atoms with Gasteiger partial charge in [-0.2, -0.15) is 11.8 Å². The molecular formula is C24H30N2O2S. The van der Waals surface area contributed by atoms with Crippen LogP contribution >= 0.6 is 11.8 Å². The minimum Gasteiger partial charge on any atom is -0.493 e. The molecule has 5 heteroatoms. The Bertz CT molecular complexity index is 969. The number of hydrogen-bond acceptors (Lipinski definition) is 4. The second kappa shape index (κ2) is 9.14. The first kappa shape index (κ1) is 20.2. The lowest BCUT2D eigenvalue weighted by molar-refractivity contribution is 0.194. The maximum Gasteiger partial charge on any atom is 0.161 e. The van der Waals surface area contributed by atoms with E-state index in [9.17, 15) is 0 Å². The zero-order valence-electron chi connectivity index (χ0n) is 17.5. The summed E-state index contributed by atoms with van der Waals surface area (Å²) < 4.78 is 11.5. The largest absolute Gasteiger partial charge is 0.493 e. The summed E-state index contributed by atoms with van der Waals surface area (Å²) in [6.07, 6.45) is 6.41. The molecule has 1 atom stereocenters. The zero-order valence-corrected chi connectivity index (χ0v) is 18.3. The molecule has 4 nitrogen and oxygen atoms in total. The minimum atomic E-state index is 0.343. The minimum absolute atomic E-state index is 0.343. The van der Waals surface area contributed by atoms with Gasteiger partial charge in [0, 0.05) is 42.0 Å². The number of methoxy groups -OCH3 is 1. The van der Waals surface area contributed by atoms with E-state index < -0.39 is 0 Å². The van der Waals surface area contributed by atoms with Crippen LogP contribution in [0.15, 0.2) is 42.6 Å². The molecule has 1 aliphatic heterocycles. The van der Waals surface area contributed by atoms with Crippen LogP contribution in [-0.2, 0) is 12.8 Å². The number of rotatable bonds is 8. The fraction of sp³-hybridized carbons (Fsp3) is 0.417. The van der Waals surface area contributed by atoms with Gasteiger partial charge in [-0.15, -0.1) is 0 Å². The Morgan fingerprint density at radius 2 is 2.07 bits per heavy atom. The maximum atomic E-state index is 5.91. The Morgan fingerprint density at radius 1 is 1.21 bits per heavy atom. The first-order chi connectivity index (χ1) is 14.2. The number of ether oxygens (including phenoxy) is 2. The summed E-state index contributed by atoms with van der Waals surface area (Å²) in [6, 6.07) is 13.3. The van der Waals surface area contributed by atoms with E-state index in [1.807, 2.05) is 18.7 Å². The van der Waals surface area contributed by atoms with E-state index in [2.05, 4.69) is 58.7 Å². The third kappa shape index (κ3) is 4.12. The molecule has 3 aromatic rings. The molecule has 1 aliphatic rings. The van der Waals surface area contributed by atoms with E-state index in [1.54, 1.807) is 7.11 Å². The molecule has 0 amide bonds. The molecule has 2 aromatic carbocycles. The van der Waals surface area contributed by atoms with Gasteiger partial charge in [-0.3, -0.25) is 4.90 Å². The fourth-order valence-corrected chi connectivity index (χ4v) is 4.83. The van der Waals surface area contributed by atoms with Crippen molar-refractivity contribution in [2.24, 2.45) is 0 Å². The third-order valence-electron chi connectivity index (χ3n) is 5.86. The smallest absolute Gasteiger partial charge is 0.161 e. The van der Waals surface area contributed by atoms with Gasteiger partial charge in [0.1, 0.15) is 0 Å². The number of hydrogen-bond donors (Lipinski definition) is 1. The number of benzene rings is 2. The lowest BCUT2D eigenvalue weighted by Gasteiger charge is -2.38. The number of thioether (sulfide) groups is 1. The molecule has 2 heterocycles. The predicted molar refractivity (Wildman–Crippen MR) is 123 cm³/mol. The normalized spacial score (nSPS) is 16.7. The number of aromatic amines is 1. The SMILES string of the molecule is CCOc1cc2c(cc1OC)CCN(CCSC)[C@H]2Cc1c[nH]c2ccccc12. The summed E-state index contributed by atoms with van der Waals surface area (Å²) in [7, 11) is 1.72. The number of aromatic nitrogens is 1. The van der Waals surface area contributed by atoms with E-state index in [-0.39, 0.29) is 0 Å². The second-order valence-corrected chi connectivity index (χ2v) is 8.48. The van der Waals surface area contributed by atoms with Gasteiger partial charge in [0.25, 0.3) is 0 Å². The van der Waals surface area contributed by atoms with Gasteiger partial charge in [-0.1, -0.05) is 18.2 Å². The van der Waals surface area contributed by atoms with Crippen molar-refractivity contribution in [3.63, 3.8) is 0 Å². The first-order valence-electron chi connectivity index (χ1n) is 10.4. The Morgan fingerprint density at radius 3 is 2.86 bits per heavy atom. The molecule has 0 spiro atoms. The molecule has 0 saturated carbocycles. The summed E-state index contributed by atoms with van der Waals surface area (Å²) in [5.41, 5.74) is 5.35. The molecule has 0 bridgehead atoms. The topological polar surface area (TPSA) is 37.5 Å². The van der Waals surface area contributed by atoms with Gasteiger partial charge in [-0.05, 0) is 60.9 Å². The van der Waals surface area contributed by atoms with E-state index >= 15 is 0 Å². The molecule has 0 radical (unpaired) electrons. The number of fused-ring (bicyclic) bond motifs is 2. The number of para-hydroxylation sites is 1. The van der Waals surface area contributed by atoms with Gasteiger partial charge in [-0.25, -0.2) is 0 Å². The van der Waals surface area contributed by atoms with Crippen LogP contribution in [-0.4, -0.2) is 48.7 Å². The lowest BCUT2D eigenvalue weighted by atomic mass is 9.88. The number of H-pyrrole nitrogens is 1. The van der Waals surface area contributed by atoms with Gasteiger partial charge >= 0.3 is 0 Å². The van der Waals surface area contributed by atoms with Crippen LogP contribution in [0.5, 0.6) is 11.5 Å². The van der Waals surface area contributed by atoms with Crippen LogP contribution in [0.4, 0.5) is 0 Å². The van der Waals surface area contributed by atoms with Gasteiger partial charge in [0.2, 0.25) is 0 Å². The van der Waals surface area contributed by atoms with E-state index in [1.165, 1.54) is 27.6 Å². The summed E-state index contributed by atoms with van der Waals surface area (Å²) >= 11 is 1.91. The van der Waals surface area contributed by atoms with Crippen LogP contribution in [0, 0.1) is 0 Å². The highest BCUT2D eigenvalue weighted by Gasteiger charge is 2.29. The lowest BCUT2D eigenvalue weighted by Crippen LogP contribution is -2.38. The van der Waals surface area contributed by atoms with Gasteiger partial charge in [0.05, 0.1) is 13.7 Å². The second-order valence-electron chi connectivity index (χ2n) is 7.49. The Balaban J connectivity index is 1.74. The highest BCUT2D eigenvalue weighted by atomic mass is 32.2. The van der Waals surface area contributed by atoms with E-state index in [0.29, 0.717) is 12.6 Å². The molecule has 0 saturated heterocycles. The quantitative estimate of drug-likeness (QED) is 0.562. The highest BCUT2D eigenvalue weighted by Crippen LogP contribution is 2.40. The predicted octanol–water partition coefficient (Wildman–Crippen LogP) is 5.08. The summed E-state index contributed by atoms with van der Waals surface area (Å²) in [4.78, 5) is 6.08. The zero-order chi connectivity index (χ0) is 20.2. The van der Waals surface area contributed by atoms with Gasteiger partial charge < -0.3 is 14.5 Å². The third-order valence-corrected chi connectivity index (χ3v) is 6.46. The van der Waals surface area contributed by atoms with Crippen molar-refractivity contribution in [1.82, 2.24) is 9.88 Å². The van der Waals surface area contributed by atoms with Crippen molar-refractivity contribution in [3.8, 4) is 11.5 Å². The van der Waals surface area contributed by atoms with Crippen molar-refractivity contribution in [2.75, 3.05) is 38.8 Å². The van der Waals surface area contributed by atoms with Crippen molar-refractivity contribution in [1.29, 1.82) is 0 Å². The van der Waals surface area contributed by atoms with Gasteiger partial charge in [0.15, 0.2) is 11.5 Å². The molecular weight excluding hydrogens is 380 g/mol. The first-order valence-corrected chi connectivity index (χ1v) is 11.8. The van der Waals surface area contributed by atoms with Crippen LogP contribution in [0.25, 0.3) is 10.9 Å². The highest BCUT2D eigenvalue weighted by molar-refractivity contribution is 7.98. The average Bonchev–Trinajstić information content (AvgIpc) is 3.16.